The SMILES string of the molecule is CC(=O)CC1C[C@H]2CC[C@@H](C1)N2CCc1ccc(Oc2nc3ccc(Cl)cc3s2)cc1. The molecule has 0 radical (unpaired) electrons. The number of Topliss-reactive ketones (excluding diaryl/α,β-unsaturated/α-hetero) is 1. The van der Waals surface area contributed by atoms with E-state index in [1.54, 1.807) is 6.92 Å². The average molecular weight is 455 g/mol. The van der Waals surface area contributed by atoms with Gasteiger partial charge in [-0.2, -0.15) is 0 Å². The van der Waals surface area contributed by atoms with Crippen LogP contribution in [-0.2, 0) is 11.2 Å². The largest absolute Gasteiger partial charge is 0.431 e. The minimum atomic E-state index is 0.342. The smallest absolute Gasteiger partial charge is 0.279 e. The van der Waals surface area contributed by atoms with Crippen molar-refractivity contribution in [2.45, 2.75) is 57.5 Å². The average Bonchev–Trinajstić information content (AvgIpc) is 3.23. The van der Waals surface area contributed by atoms with Gasteiger partial charge in [-0.05, 0) is 80.8 Å². The molecule has 0 amide bonds. The third-order valence-corrected chi connectivity index (χ3v) is 7.81. The van der Waals surface area contributed by atoms with Crippen molar-refractivity contribution >= 4 is 38.9 Å². The highest BCUT2D eigenvalue weighted by Crippen LogP contribution is 2.40. The summed E-state index contributed by atoms with van der Waals surface area (Å²) >= 11 is 7.57. The second kappa shape index (κ2) is 8.89. The number of benzene rings is 2. The predicted molar refractivity (Wildman–Crippen MR) is 126 cm³/mol. The minimum absolute atomic E-state index is 0.342. The Morgan fingerprint density at radius 1 is 1.16 bits per heavy atom. The number of halogens is 1. The summed E-state index contributed by atoms with van der Waals surface area (Å²) in [6.45, 7) is 2.83. The van der Waals surface area contributed by atoms with Gasteiger partial charge in [-0.15, -0.1) is 0 Å². The summed E-state index contributed by atoms with van der Waals surface area (Å²) in [5, 5.41) is 1.35. The first-order chi connectivity index (χ1) is 15.0. The van der Waals surface area contributed by atoms with Crippen LogP contribution in [0, 0.1) is 5.92 Å². The number of aromatic nitrogens is 1. The van der Waals surface area contributed by atoms with Crippen LogP contribution in [0.5, 0.6) is 10.9 Å². The molecular weight excluding hydrogens is 428 g/mol. The number of piperidine rings is 1. The molecular formula is C25H27ClN2O2S. The van der Waals surface area contributed by atoms with Crippen molar-refractivity contribution in [1.29, 1.82) is 0 Å². The number of carbonyl (C=O) groups is 1. The van der Waals surface area contributed by atoms with Crippen LogP contribution < -0.4 is 4.74 Å². The summed E-state index contributed by atoms with van der Waals surface area (Å²) < 4.78 is 7.00. The third-order valence-electron chi connectivity index (χ3n) is 6.68. The first kappa shape index (κ1) is 20.9. The highest BCUT2D eigenvalue weighted by Gasteiger charge is 2.40. The molecule has 2 bridgehead atoms. The molecule has 2 aromatic carbocycles. The molecule has 2 aliphatic heterocycles. The molecule has 1 unspecified atom stereocenters. The summed E-state index contributed by atoms with van der Waals surface area (Å²) in [5.41, 5.74) is 2.23. The molecule has 0 spiro atoms. The molecule has 162 valence electrons. The molecule has 3 atom stereocenters. The van der Waals surface area contributed by atoms with Crippen LogP contribution in [0.25, 0.3) is 10.2 Å². The van der Waals surface area contributed by atoms with Gasteiger partial charge in [-0.25, -0.2) is 4.98 Å². The van der Waals surface area contributed by atoms with Gasteiger partial charge >= 0.3 is 0 Å². The Kier molecular flexibility index (Phi) is 6.00. The standard InChI is InChI=1S/C25H27ClN2O2S/c1-16(29)12-18-13-20-5-6-21(14-18)28(20)11-10-17-2-7-22(8-3-17)30-25-27-23-9-4-19(26)15-24(23)31-25/h2-4,7-9,15,18,20-21H,5-6,10-14H2,1H3/t18?,20-,21+. The van der Waals surface area contributed by atoms with Gasteiger partial charge in [0.15, 0.2) is 0 Å². The first-order valence-corrected chi connectivity index (χ1v) is 12.3. The number of hydrogen-bond donors (Lipinski definition) is 0. The summed E-state index contributed by atoms with van der Waals surface area (Å²) in [6.07, 6.45) is 6.78. The molecule has 31 heavy (non-hydrogen) atoms. The Labute approximate surface area is 192 Å². The topological polar surface area (TPSA) is 42.4 Å². The summed E-state index contributed by atoms with van der Waals surface area (Å²) in [5.74, 6) is 1.75. The van der Waals surface area contributed by atoms with Gasteiger partial charge in [0.05, 0.1) is 10.2 Å². The van der Waals surface area contributed by atoms with Crippen LogP contribution in [0.2, 0.25) is 5.02 Å². The van der Waals surface area contributed by atoms with E-state index in [9.17, 15) is 4.79 Å². The predicted octanol–water partition coefficient (Wildman–Crippen LogP) is 6.51. The first-order valence-electron chi connectivity index (χ1n) is 11.1. The van der Waals surface area contributed by atoms with E-state index in [0.717, 1.165) is 35.4 Å². The molecule has 0 saturated carbocycles. The lowest BCUT2D eigenvalue weighted by molar-refractivity contribution is -0.118. The van der Waals surface area contributed by atoms with Gasteiger partial charge in [-0.1, -0.05) is 35.1 Å². The molecule has 2 fully saturated rings. The molecule has 3 aromatic rings. The fourth-order valence-corrected chi connectivity index (χ4v) is 6.44. The Morgan fingerprint density at radius 2 is 1.90 bits per heavy atom. The number of rotatable bonds is 7. The van der Waals surface area contributed by atoms with E-state index in [2.05, 4.69) is 22.0 Å². The maximum atomic E-state index is 11.5. The van der Waals surface area contributed by atoms with Crippen molar-refractivity contribution < 1.29 is 9.53 Å². The summed E-state index contributed by atoms with van der Waals surface area (Å²) in [7, 11) is 0. The highest BCUT2D eigenvalue weighted by molar-refractivity contribution is 7.20. The molecule has 5 rings (SSSR count). The van der Waals surface area contributed by atoms with Crippen molar-refractivity contribution in [2.24, 2.45) is 5.92 Å². The fourth-order valence-electron chi connectivity index (χ4n) is 5.33. The van der Waals surface area contributed by atoms with Gasteiger partial charge in [-0.3, -0.25) is 4.90 Å². The lowest BCUT2D eigenvalue weighted by atomic mass is 9.87. The van der Waals surface area contributed by atoms with Crippen LogP contribution in [-0.4, -0.2) is 34.3 Å². The molecule has 6 heteroatoms. The van der Waals surface area contributed by atoms with E-state index in [4.69, 9.17) is 16.3 Å². The van der Waals surface area contributed by atoms with Gasteiger partial charge in [0.1, 0.15) is 11.5 Å². The van der Waals surface area contributed by atoms with Crippen LogP contribution in [0.3, 0.4) is 0 Å². The van der Waals surface area contributed by atoms with Crippen LogP contribution >= 0.6 is 22.9 Å². The number of hydrogen-bond acceptors (Lipinski definition) is 5. The van der Waals surface area contributed by atoms with Crippen LogP contribution in [0.1, 0.15) is 44.6 Å². The van der Waals surface area contributed by atoms with Crippen molar-refractivity contribution in [1.82, 2.24) is 9.88 Å². The maximum Gasteiger partial charge on any atom is 0.279 e. The number of fused-ring (bicyclic) bond motifs is 3. The second-order valence-electron chi connectivity index (χ2n) is 8.95. The molecule has 4 nitrogen and oxygen atoms in total. The van der Waals surface area contributed by atoms with Gasteiger partial charge in [0.25, 0.3) is 5.19 Å². The lowest BCUT2D eigenvalue weighted by Crippen LogP contribution is -2.44. The molecule has 2 saturated heterocycles. The van der Waals surface area contributed by atoms with E-state index in [1.807, 2.05) is 30.3 Å². The van der Waals surface area contributed by atoms with Crippen molar-refractivity contribution in [3.8, 4) is 10.9 Å². The van der Waals surface area contributed by atoms with Crippen molar-refractivity contribution in [2.75, 3.05) is 6.54 Å². The quantitative estimate of drug-likeness (QED) is 0.408. The fraction of sp³-hybridized carbons (Fsp3) is 0.440. The van der Waals surface area contributed by atoms with Crippen molar-refractivity contribution in [3.63, 3.8) is 0 Å². The molecule has 1 aromatic heterocycles. The van der Waals surface area contributed by atoms with Gasteiger partial charge in [0, 0.05) is 30.1 Å². The van der Waals surface area contributed by atoms with E-state index in [1.165, 1.54) is 42.6 Å². The Morgan fingerprint density at radius 3 is 2.61 bits per heavy atom. The Hall–Kier alpha value is -1.95. The lowest BCUT2D eigenvalue weighted by Gasteiger charge is -2.38. The van der Waals surface area contributed by atoms with Gasteiger partial charge < -0.3 is 9.53 Å². The summed E-state index contributed by atoms with van der Waals surface area (Å²) in [6, 6.07) is 15.4. The molecule has 2 aliphatic rings. The Bertz CT molecular complexity index is 1070. The van der Waals surface area contributed by atoms with Crippen molar-refractivity contribution in [3.05, 3.63) is 53.1 Å². The summed E-state index contributed by atoms with van der Waals surface area (Å²) in [4.78, 5) is 18.7. The maximum absolute atomic E-state index is 11.5. The van der Waals surface area contributed by atoms with Crippen LogP contribution in [0.15, 0.2) is 42.5 Å². The highest BCUT2D eigenvalue weighted by atomic mass is 35.5. The zero-order chi connectivity index (χ0) is 21.4. The molecule has 0 N–H and O–H groups in total. The van der Waals surface area contributed by atoms with E-state index >= 15 is 0 Å². The number of ketones is 1. The number of thiazole rings is 1. The molecule has 3 heterocycles. The number of nitrogens with zero attached hydrogens (tertiary/aromatic N) is 2. The minimum Gasteiger partial charge on any atom is -0.431 e. The normalized spacial score (nSPS) is 23.4. The zero-order valence-corrected chi connectivity index (χ0v) is 19.3. The second-order valence-corrected chi connectivity index (χ2v) is 10.4. The third kappa shape index (κ3) is 4.79. The van der Waals surface area contributed by atoms with Gasteiger partial charge in [0.2, 0.25) is 0 Å². The Balaban J connectivity index is 1.17. The van der Waals surface area contributed by atoms with Crippen LogP contribution in [0.4, 0.5) is 0 Å². The number of ether oxygens (including phenoxy) is 1. The van der Waals surface area contributed by atoms with E-state index in [0.29, 0.717) is 34.0 Å². The zero-order valence-electron chi connectivity index (χ0n) is 17.7. The number of carbonyl (C=O) groups excluding carboxylic acids is 1. The molecule has 0 aliphatic carbocycles. The van der Waals surface area contributed by atoms with E-state index in [-0.39, 0.29) is 0 Å². The monoisotopic (exact) mass is 454 g/mol. The van der Waals surface area contributed by atoms with E-state index < -0.39 is 0 Å².